The summed E-state index contributed by atoms with van der Waals surface area (Å²) in [6.45, 7) is 2.23. The molecule has 1 aromatic heterocycles. The molecule has 1 nitrogen and oxygen atoms in total. The van der Waals surface area contributed by atoms with Crippen LogP contribution in [0.1, 0.15) is 6.92 Å². The molecular weight excluding hydrogens is 584 g/mol. The van der Waals surface area contributed by atoms with Crippen molar-refractivity contribution in [3.8, 4) is 10.6 Å². The van der Waals surface area contributed by atoms with E-state index in [-0.39, 0.29) is 24.0 Å². The zero-order chi connectivity index (χ0) is 22.5. The van der Waals surface area contributed by atoms with Crippen LogP contribution in [0.5, 0.6) is 0 Å². The molecule has 5 heteroatoms. The van der Waals surface area contributed by atoms with E-state index in [1.54, 1.807) is 0 Å². The molecule has 34 heavy (non-hydrogen) atoms. The van der Waals surface area contributed by atoms with Crippen molar-refractivity contribution in [2.45, 2.75) is 11.1 Å². The number of benzene rings is 4. The van der Waals surface area contributed by atoms with Gasteiger partial charge in [-0.05, 0) is 42.2 Å². The molecule has 5 aromatic rings. The molecule has 0 bridgehead atoms. The monoisotopic (exact) mass is 610 g/mol. The van der Waals surface area contributed by atoms with Crippen LogP contribution in [0, 0.1) is 0 Å². The van der Waals surface area contributed by atoms with Crippen LogP contribution in [-0.4, -0.2) is 10.7 Å². The maximum Gasteiger partial charge on any atom is 0.223 e. The van der Waals surface area contributed by atoms with Crippen LogP contribution in [0.3, 0.4) is 0 Å². The Morgan fingerprint density at radius 3 is 1.47 bits per heavy atom. The van der Waals surface area contributed by atoms with Crippen molar-refractivity contribution in [3.05, 3.63) is 121 Å². The van der Waals surface area contributed by atoms with E-state index < -0.39 is 7.26 Å². The topological polar surface area (TPSA) is 12.9 Å². The second-order valence-electron chi connectivity index (χ2n) is 7.61. The van der Waals surface area contributed by atoms with Gasteiger partial charge in [-0.1, -0.05) is 91.9 Å². The Balaban J connectivity index is 0.00000274. The Morgan fingerprint density at radius 2 is 1.06 bits per heavy atom. The predicted octanol–water partition coefficient (Wildman–Crippen LogP) is 7.16. The number of rotatable bonds is 7. The van der Waals surface area contributed by atoms with Gasteiger partial charge in [-0.2, -0.15) is 4.98 Å². The van der Waals surface area contributed by atoms with Crippen LogP contribution in [0.25, 0.3) is 10.6 Å². The average molecular weight is 611 g/mol. The third-order valence-electron chi connectivity index (χ3n) is 5.62. The quantitative estimate of drug-likeness (QED) is 0.110. The molecule has 0 aliphatic heterocycles. The van der Waals surface area contributed by atoms with Gasteiger partial charge in [0.15, 0.2) is 7.26 Å². The number of hydrogen-bond acceptors (Lipinski definition) is 3. The number of thioether (sulfide) groups is 1. The minimum Gasteiger partial charge on any atom is -0.200 e. The molecule has 0 saturated carbocycles. The highest BCUT2D eigenvalue weighted by Crippen LogP contribution is 2.56. The zero-order valence-electron chi connectivity index (χ0n) is 18.9. The van der Waals surface area contributed by atoms with E-state index in [4.69, 9.17) is 4.98 Å². The Kier molecular flexibility index (Phi) is 8.60. The molecular formula is C29H26INPS2+. The first kappa shape index (κ1) is 25.1. The van der Waals surface area contributed by atoms with Gasteiger partial charge in [0.25, 0.3) is 0 Å². The van der Waals surface area contributed by atoms with Gasteiger partial charge in [0.2, 0.25) is 5.44 Å². The first-order valence-corrected chi connectivity index (χ1v) is 14.7. The molecule has 0 unspecified atom stereocenters. The first-order valence-electron chi connectivity index (χ1n) is 11.1. The van der Waals surface area contributed by atoms with E-state index in [9.17, 15) is 0 Å². The van der Waals surface area contributed by atoms with Crippen molar-refractivity contribution in [1.82, 2.24) is 4.98 Å². The van der Waals surface area contributed by atoms with Crippen molar-refractivity contribution >= 4 is 75.7 Å². The highest BCUT2D eigenvalue weighted by molar-refractivity contribution is 14.0. The Labute approximate surface area is 228 Å². The number of aromatic nitrogens is 1. The van der Waals surface area contributed by atoms with E-state index >= 15 is 0 Å². The zero-order valence-corrected chi connectivity index (χ0v) is 23.7. The van der Waals surface area contributed by atoms with Crippen molar-refractivity contribution in [3.63, 3.8) is 0 Å². The lowest BCUT2D eigenvalue weighted by atomic mass is 10.2. The molecule has 4 aromatic carbocycles. The highest BCUT2D eigenvalue weighted by Gasteiger charge is 2.51. The highest BCUT2D eigenvalue weighted by atomic mass is 127. The third-order valence-corrected chi connectivity index (χ3v) is 12.4. The van der Waals surface area contributed by atoms with Gasteiger partial charge in [0, 0.05) is 5.56 Å². The van der Waals surface area contributed by atoms with E-state index in [0.29, 0.717) is 0 Å². The molecule has 0 spiro atoms. The maximum absolute atomic E-state index is 5.45. The van der Waals surface area contributed by atoms with Crippen molar-refractivity contribution < 1.29 is 0 Å². The summed E-state index contributed by atoms with van der Waals surface area (Å²) < 4.78 is 1.32. The molecule has 0 N–H and O–H groups in total. The second-order valence-corrected chi connectivity index (χ2v) is 13.5. The number of hydrogen-bond donors (Lipinski definition) is 0. The van der Waals surface area contributed by atoms with E-state index in [1.807, 2.05) is 23.1 Å². The summed E-state index contributed by atoms with van der Waals surface area (Å²) in [5.41, 5.74) is 2.40. The SMILES string of the molecule is CCSc1sc(-c2ccccc2)nc1[P+](c1ccccc1)(c1ccccc1)c1ccccc1.I. The van der Waals surface area contributed by atoms with Gasteiger partial charge < -0.3 is 0 Å². The third kappa shape index (κ3) is 4.74. The normalized spacial score (nSPS) is 11.1. The van der Waals surface area contributed by atoms with Crippen LogP contribution < -0.4 is 21.3 Å². The van der Waals surface area contributed by atoms with Gasteiger partial charge >= 0.3 is 0 Å². The van der Waals surface area contributed by atoms with Gasteiger partial charge in [-0.15, -0.1) is 47.1 Å². The van der Waals surface area contributed by atoms with Crippen LogP contribution >= 0.6 is 54.3 Å². The smallest absolute Gasteiger partial charge is 0.200 e. The fourth-order valence-corrected chi connectivity index (χ4v) is 11.4. The van der Waals surface area contributed by atoms with Gasteiger partial charge in [0.1, 0.15) is 25.1 Å². The minimum absolute atomic E-state index is 0. The van der Waals surface area contributed by atoms with Crippen molar-refractivity contribution in [2.24, 2.45) is 0 Å². The van der Waals surface area contributed by atoms with Gasteiger partial charge in [-0.3, -0.25) is 0 Å². The summed E-state index contributed by atoms with van der Waals surface area (Å²) in [5, 5.41) is 5.11. The number of halogens is 1. The molecule has 5 rings (SSSR count). The lowest BCUT2D eigenvalue weighted by Crippen LogP contribution is -2.39. The first-order chi connectivity index (χ1) is 16.3. The average Bonchev–Trinajstić information content (AvgIpc) is 3.31. The van der Waals surface area contributed by atoms with E-state index in [2.05, 4.69) is 128 Å². The van der Waals surface area contributed by atoms with Gasteiger partial charge in [-0.25, -0.2) is 0 Å². The fourth-order valence-electron chi connectivity index (χ4n) is 4.21. The molecule has 170 valence electrons. The second kappa shape index (κ2) is 11.6. The van der Waals surface area contributed by atoms with E-state index in [1.165, 1.54) is 31.1 Å². The summed E-state index contributed by atoms with van der Waals surface area (Å²) in [6, 6.07) is 43.6. The maximum atomic E-state index is 5.45. The van der Waals surface area contributed by atoms with Crippen LogP contribution in [0.15, 0.2) is 126 Å². The molecule has 0 amide bonds. The molecule has 0 fully saturated rings. The Hall–Kier alpha value is -1.98. The minimum atomic E-state index is -2.19. The summed E-state index contributed by atoms with van der Waals surface area (Å²) in [6.07, 6.45) is 0. The standard InChI is InChI=1S/C29H25NPS2.HI/c1-2-32-29-27(30-28(33-29)23-15-7-3-8-16-23)31(24-17-9-4-10-18-24,25-19-11-5-12-20-25)26-21-13-6-14-22-26;/h3-22H,2H2,1H3;1H/q+1;. The molecule has 0 saturated heterocycles. The van der Waals surface area contributed by atoms with Crippen molar-refractivity contribution in [2.75, 3.05) is 5.75 Å². The summed E-state index contributed by atoms with van der Waals surface area (Å²) in [5.74, 6) is 1.02. The van der Waals surface area contributed by atoms with Crippen molar-refractivity contribution in [1.29, 1.82) is 0 Å². The Bertz CT molecular complexity index is 1210. The fraction of sp³-hybridized carbons (Fsp3) is 0.0690. The van der Waals surface area contributed by atoms with Gasteiger partial charge in [0.05, 0.1) is 0 Å². The molecule has 1 heterocycles. The largest absolute Gasteiger partial charge is 0.223 e. The summed E-state index contributed by atoms with van der Waals surface area (Å²) >= 11 is 3.74. The lowest BCUT2D eigenvalue weighted by Gasteiger charge is -2.26. The number of thiazole rings is 1. The number of nitrogens with zero attached hydrogens (tertiary/aromatic N) is 1. The van der Waals surface area contributed by atoms with Crippen LogP contribution in [0.2, 0.25) is 0 Å². The van der Waals surface area contributed by atoms with E-state index in [0.717, 1.165) is 10.8 Å². The predicted molar refractivity (Wildman–Crippen MR) is 164 cm³/mol. The Morgan fingerprint density at radius 1 is 0.647 bits per heavy atom. The molecule has 0 aliphatic rings. The van der Waals surface area contributed by atoms with Crippen LogP contribution in [-0.2, 0) is 0 Å². The summed E-state index contributed by atoms with van der Waals surface area (Å²) in [4.78, 5) is 5.45. The van der Waals surface area contributed by atoms with Crippen LogP contribution in [0.4, 0.5) is 0 Å². The summed E-state index contributed by atoms with van der Waals surface area (Å²) in [7, 11) is -2.19. The molecule has 0 aliphatic carbocycles. The molecule has 0 atom stereocenters. The lowest BCUT2D eigenvalue weighted by molar-refractivity contribution is 1.43. The molecule has 0 radical (unpaired) electrons.